The van der Waals surface area contributed by atoms with E-state index in [2.05, 4.69) is 11.9 Å². The molecule has 0 atom stereocenters. The molecule has 1 aromatic heterocycles. The predicted molar refractivity (Wildman–Crippen MR) is 52.5 cm³/mol. The Morgan fingerprint density at radius 2 is 2.08 bits per heavy atom. The van der Waals surface area contributed by atoms with Crippen LogP contribution in [0.4, 0.5) is 5.13 Å². The van der Waals surface area contributed by atoms with Gasteiger partial charge in [-0.15, -0.1) is 11.3 Å². The fraction of sp³-hybridized carbons (Fsp3) is 0.667. The van der Waals surface area contributed by atoms with E-state index in [1.807, 2.05) is 0 Å². The largest absolute Gasteiger partial charge is 0.375 e. The van der Waals surface area contributed by atoms with Crippen molar-refractivity contribution in [1.82, 2.24) is 4.98 Å². The Bertz CT molecular complexity index is 274. The van der Waals surface area contributed by atoms with Crippen LogP contribution in [0.3, 0.4) is 0 Å². The molecule has 2 N–H and O–H groups in total. The fourth-order valence-corrected chi connectivity index (χ4v) is 3.00. The van der Waals surface area contributed by atoms with Gasteiger partial charge in [-0.25, -0.2) is 4.98 Å². The Morgan fingerprint density at radius 1 is 1.42 bits per heavy atom. The molecule has 0 aliphatic heterocycles. The molecule has 0 unspecified atom stereocenters. The molecule has 1 fully saturated rings. The summed E-state index contributed by atoms with van der Waals surface area (Å²) in [6.45, 7) is 2.07. The first-order valence-electron chi connectivity index (χ1n) is 4.50. The summed E-state index contributed by atoms with van der Waals surface area (Å²) in [5.41, 5.74) is 6.81. The zero-order valence-electron chi connectivity index (χ0n) is 7.34. The van der Waals surface area contributed by atoms with Gasteiger partial charge in [0.05, 0.1) is 5.69 Å². The first kappa shape index (κ1) is 8.05. The summed E-state index contributed by atoms with van der Waals surface area (Å²) in [7, 11) is 0. The number of nitrogens with zero attached hydrogens (tertiary/aromatic N) is 1. The van der Waals surface area contributed by atoms with Gasteiger partial charge in [0.1, 0.15) is 0 Å². The maximum Gasteiger partial charge on any atom is 0.180 e. The molecule has 0 amide bonds. The van der Waals surface area contributed by atoms with Gasteiger partial charge in [0.15, 0.2) is 5.13 Å². The van der Waals surface area contributed by atoms with Crippen LogP contribution in [0.1, 0.15) is 42.2 Å². The van der Waals surface area contributed by atoms with Crippen LogP contribution in [0, 0.1) is 6.92 Å². The van der Waals surface area contributed by atoms with Crippen LogP contribution < -0.4 is 5.73 Å². The first-order chi connectivity index (χ1) is 5.77. The topological polar surface area (TPSA) is 38.9 Å². The third kappa shape index (κ3) is 1.33. The number of thiazole rings is 1. The summed E-state index contributed by atoms with van der Waals surface area (Å²) in [4.78, 5) is 5.69. The molecule has 0 bridgehead atoms. The van der Waals surface area contributed by atoms with Crippen molar-refractivity contribution in [2.24, 2.45) is 0 Å². The third-order valence-electron chi connectivity index (χ3n) is 2.57. The molecule has 1 heterocycles. The SMILES string of the molecule is Cc1nc(N)sc1C1CCCC1. The third-order valence-corrected chi connectivity index (χ3v) is 3.72. The summed E-state index contributed by atoms with van der Waals surface area (Å²) in [5.74, 6) is 0.764. The molecule has 3 heteroatoms. The van der Waals surface area contributed by atoms with Crippen LogP contribution in [0.25, 0.3) is 0 Å². The van der Waals surface area contributed by atoms with Crippen molar-refractivity contribution in [3.8, 4) is 0 Å². The van der Waals surface area contributed by atoms with Gasteiger partial charge in [0.2, 0.25) is 0 Å². The van der Waals surface area contributed by atoms with Gasteiger partial charge in [-0.3, -0.25) is 0 Å². The van der Waals surface area contributed by atoms with E-state index in [9.17, 15) is 0 Å². The Kier molecular flexibility index (Phi) is 2.05. The normalized spacial score (nSPS) is 18.8. The molecule has 1 saturated carbocycles. The van der Waals surface area contributed by atoms with E-state index in [4.69, 9.17) is 5.73 Å². The van der Waals surface area contributed by atoms with Gasteiger partial charge in [-0.2, -0.15) is 0 Å². The average molecular weight is 182 g/mol. The monoisotopic (exact) mass is 182 g/mol. The van der Waals surface area contributed by atoms with Crippen LogP contribution >= 0.6 is 11.3 Å². The highest BCUT2D eigenvalue weighted by Gasteiger charge is 2.21. The van der Waals surface area contributed by atoms with Crippen LogP contribution in [-0.2, 0) is 0 Å². The van der Waals surface area contributed by atoms with Crippen molar-refractivity contribution in [2.45, 2.75) is 38.5 Å². The lowest BCUT2D eigenvalue weighted by Gasteiger charge is -2.05. The zero-order chi connectivity index (χ0) is 8.55. The second-order valence-corrected chi connectivity index (χ2v) is 4.55. The van der Waals surface area contributed by atoms with Crippen LogP contribution in [-0.4, -0.2) is 4.98 Å². The van der Waals surface area contributed by atoms with E-state index in [0.717, 1.165) is 16.7 Å². The lowest BCUT2D eigenvalue weighted by Crippen LogP contribution is -1.90. The predicted octanol–water partition coefficient (Wildman–Crippen LogP) is 2.69. The van der Waals surface area contributed by atoms with E-state index >= 15 is 0 Å². The van der Waals surface area contributed by atoms with Crippen LogP contribution in [0.2, 0.25) is 0 Å². The lowest BCUT2D eigenvalue weighted by molar-refractivity contribution is 0.730. The molecule has 1 aliphatic carbocycles. The van der Waals surface area contributed by atoms with Gasteiger partial charge in [-0.05, 0) is 25.7 Å². The molecule has 0 aromatic carbocycles. The summed E-state index contributed by atoms with van der Waals surface area (Å²) < 4.78 is 0. The number of aryl methyl sites for hydroxylation is 1. The summed E-state index contributed by atoms with van der Waals surface area (Å²) in [6, 6.07) is 0. The second kappa shape index (κ2) is 3.05. The summed E-state index contributed by atoms with van der Waals surface area (Å²) >= 11 is 1.68. The fourth-order valence-electron chi connectivity index (χ4n) is 2.00. The van der Waals surface area contributed by atoms with Crippen molar-refractivity contribution in [3.63, 3.8) is 0 Å². The minimum Gasteiger partial charge on any atom is -0.375 e. The van der Waals surface area contributed by atoms with Crippen molar-refractivity contribution in [1.29, 1.82) is 0 Å². The number of hydrogen-bond acceptors (Lipinski definition) is 3. The standard InChI is InChI=1S/C9H14N2S/c1-6-8(12-9(10)11-6)7-4-2-3-5-7/h7H,2-5H2,1H3,(H2,10,11). The first-order valence-corrected chi connectivity index (χ1v) is 5.32. The van der Waals surface area contributed by atoms with Gasteiger partial charge in [0, 0.05) is 4.88 Å². The highest BCUT2D eigenvalue weighted by molar-refractivity contribution is 7.15. The van der Waals surface area contributed by atoms with Gasteiger partial charge < -0.3 is 5.73 Å². The highest BCUT2D eigenvalue weighted by atomic mass is 32.1. The zero-order valence-corrected chi connectivity index (χ0v) is 8.16. The number of rotatable bonds is 1. The summed E-state index contributed by atoms with van der Waals surface area (Å²) in [6.07, 6.45) is 5.43. The van der Waals surface area contributed by atoms with Crippen molar-refractivity contribution < 1.29 is 0 Å². The molecule has 2 nitrogen and oxygen atoms in total. The molecule has 0 spiro atoms. The maximum atomic E-state index is 5.65. The molecule has 1 aliphatic rings. The van der Waals surface area contributed by atoms with Crippen LogP contribution in [0.15, 0.2) is 0 Å². The smallest absolute Gasteiger partial charge is 0.180 e. The van der Waals surface area contributed by atoms with Crippen LogP contribution in [0.5, 0.6) is 0 Å². The van der Waals surface area contributed by atoms with E-state index in [-0.39, 0.29) is 0 Å². The highest BCUT2D eigenvalue weighted by Crippen LogP contribution is 2.39. The quantitative estimate of drug-likeness (QED) is 0.725. The number of anilines is 1. The van der Waals surface area contributed by atoms with Gasteiger partial charge in [-0.1, -0.05) is 12.8 Å². The van der Waals surface area contributed by atoms with Crippen molar-refractivity contribution in [2.75, 3.05) is 5.73 Å². The molecular formula is C9H14N2S. The van der Waals surface area contributed by atoms with E-state index < -0.39 is 0 Å². The van der Waals surface area contributed by atoms with E-state index in [1.54, 1.807) is 11.3 Å². The molecule has 0 radical (unpaired) electrons. The Hall–Kier alpha value is -0.570. The second-order valence-electron chi connectivity index (χ2n) is 3.48. The molecule has 1 aromatic rings. The van der Waals surface area contributed by atoms with Crippen molar-refractivity contribution >= 4 is 16.5 Å². The Morgan fingerprint density at radius 3 is 2.58 bits per heavy atom. The Labute approximate surface area is 76.8 Å². The van der Waals surface area contributed by atoms with Crippen molar-refractivity contribution in [3.05, 3.63) is 10.6 Å². The number of nitrogen functional groups attached to an aromatic ring is 1. The number of aromatic nitrogens is 1. The molecule has 2 rings (SSSR count). The van der Waals surface area contributed by atoms with Gasteiger partial charge >= 0.3 is 0 Å². The summed E-state index contributed by atoms with van der Waals surface area (Å²) in [5, 5.41) is 0.731. The maximum absolute atomic E-state index is 5.65. The molecular weight excluding hydrogens is 168 g/mol. The molecule has 66 valence electrons. The average Bonchev–Trinajstić information content (AvgIpc) is 2.58. The number of nitrogens with two attached hydrogens (primary N) is 1. The molecule has 12 heavy (non-hydrogen) atoms. The van der Waals surface area contributed by atoms with Gasteiger partial charge in [0.25, 0.3) is 0 Å². The van der Waals surface area contributed by atoms with E-state index in [1.165, 1.54) is 30.6 Å². The minimum absolute atomic E-state index is 0.731. The minimum atomic E-state index is 0.731. The lowest BCUT2D eigenvalue weighted by atomic mass is 10.1. The number of hydrogen-bond donors (Lipinski definition) is 1. The molecule has 0 saturated heterocycles. The van der Waals surface area contributed by atoms with E-state index in [0.29, 0.717) is 0 Å². The Balaban J connectivity index is 2.25.